The Morgan fingerprint density at radius 1 is 0.795 bits per heavy atom. The van der Waals surface area contributed by atoms with Crippen molar-refractivity contribution in [2.24, 2.45) is 4.99 Å². The molecule has 0 amide bonds. The quantitative estimate of drug-likeness (QED) is 0.305. The number of ether oxygens (including phenoxy) is 1. The van der Waals surface area contributed by atoms with Gasteiger partial charge in [-0.05, 0) is 53.1 Å². The van der Waals surface area contributed by atoms with Crippen LogP contribution in [0.5, 0.6) is 0 Å². The summed E-state index contributed by atoms with van der Waals surface area (Å²) < 4.78 is 60.8. The third kappa shape index (κ3) is 5.77. The summed E-state index contributed by atoms with van der Waals surface area (Å²) in [6, 6.07) is 30.5. The number of hydrogen-bond acceptors (Lipinski definition) is 6. The van der Waals surface area contributed by atoms with E-state index in [0.29, 0.717) is 28.5 Å². The zero-order valence-electron chi connectivity index (χ0n) is 20.9. The van der Waals surface area contributed by atoms with E-state index in [4.69, 9.17) is 21.3 Å². The minimum absolute atomic E-state index is 0.0659. The lowest BCUT2D eigenvalue weighted by Gasteiger charge is -2.33. The van der Waals surface area contributed by atoms with E-state index in [1.807, 2.05) is 30.3 Å². The van der Waals surface area contributed by atoms with Gasteiger partial charge in [0, 0.05) is 17.7 Å². The summed E-state index contributed by atoms with van der Waals surface area (Å²) in [5, 5.41) is 0.473. The monoisotopic (exact) mass is 580 g/mol. The molecule has 1 N–H and O–H groups in total. The Morgan fingerprint density at radius 2 is 1.38 bits per heavy atom. The van der Waals surface area contributed by atoms with Crippen LogP contribution in [0, 0.1) is 0 Å². The highest BCUT2D eigenvalue weighted by molar-refractivity contribution is 7.90. The molecule has 1 aliphatic heterocycles. The first-order valence-corrected chi connectivity index (χ1v) is 15.8. The standard InChI is InChI=1S/C29H25ClN2O5S2/c1-38(33,34)25-18-12-22(13-19-25)28-29(23-14-16-24(30)17-15-23,32-39(35,36)26-10-6-3-7-11-26)31-27(37-28)20-21-8-4-2-5-9-21/h2-19,28,32H,20H2,1H3. The molecule has 0 aliphatic carbocycles. The van der Waals surface area contributed by atoms with Gasteiger partial charge in [0.2, 0.25) is 10.0 Å². The molecular formula is C29H25ClN2O5S2. The molecule has 4 aromatic carbocycles. The number of sulfone groups is 1. The third-order valence-corrected chi connectivity index (χ3v) is 9.22. The fourth-order valence-corrected chi connectivity index (χ4v) is 6.54. The fourth-order valence-electron chi connectivity index (χ4n) is 4.47. The highest BCUT2D eigenvalue weighted by Crippen LogP contribution is 2.45. The minimum atomic E-state index is -4.09. The van der Waals surface area contributed by atoms with Crippen LogP contribution < -0.4 is 4.72 Å². The first-order valence-electron chi connectivity index (χ1n) is 12.0. The average Bonchev–Trinajstić information content (AvgIpc) is 3.27. The predicted octanol–water partition coefficient (Wildman–Crippen LogP) is 5.29. The maximum atomic E-state index is 13.7. The number of nitrogens with zero attached hydrogens (tertiary/aromatic N) is 1. The molecule has 10 heteroatoms. The van der Waals surface area contributed by atoms with Crippen molar-refractivity contribution < 1.29 is 21.6 Å². The molecule has 2 atom stereocenters. The van der Waals surface area contributed by atoms with Gasteiger partial charge in [-0.15, -0.1) is 0 Å². The molecule has 2 unspecified atom stereocenters. The van der Waals surface area contributed by atoms with Gasteiger partial charge >= 0.3 is 0 Å². The summed E-state index contributed by atoms with van der Waals surface area (Å²) in [5.74, 6) is 0.323. The molecule has 5 rings (SSSR count). The predicted molar refractivity (Wildman–Crippen MR) is 151 cm³/mol. The topological polar surface area (TPSA) is 102 Å². The first-order chi connectivity index (χ1) is 18.6. The second-order valence-corrected chi connectivity index (χ2v) is 13.3. The molecule has 200 valence electrons. The maximum absolute atomic E-state index is 13.7. The summed E-state index contributed by atoms with van der Waals surface area (Å²) in [5.41, 5.74) is 0.363. The molecule has 0 spiro atoms. The summed E-state index contributed by atoms with van der Waals surface area (Å²) in [6.45, 7) is 0. The van der Waals surface area contributed by atoms with Crippen molar-refractivity contribution in [1.82, 2.24) is 4.72 Å². The molecule has 7 nitrogen and oxygen atoms in total. The molecule has 1 heterocycles. The van der Waals surface area contributed by atoms with Crippen molar-refractivity contribution in [3.63, 3.8) is 0 Å². The number of sulfonamides is 1. The van der Waals surface area contributed by atoms with Crippen molar-refractivity contribution >= 4 is 37.4 Å². The SMILES string of the molecule is CS(=O)(=O)c1ccc(C2OC(Cc3ccccc3)=NC2(NS(=O)(=O)c2ccccc2)c2ccc(Cl)cc2)cc1. The molecule has 1 aliphatic rings. The van der Waals surface area contributed by atoms with Gasteiger partial charge in [-0.1, -0.05) is 84.4 Å². The number of nitrogens with one attached hydrogen (secondary N) is 1. The van der Waals surface area contributed by atoms with Gasteiger partial charge in [0.15, 0.2) is 27.5 Å². The number of hydrogen-bond donors (Lipinski definition) is 1. The molecule has 0 bridgehead atoms. The van der Waals surface area contributed by atoms with Crippen LogP contribution in [0.2, 0.25) is 5.02 Å². The molecule has 4 aromatic rings. The van der Waals surface area contributed by atoms with Gasteiger partial charge < -0.3 is 4.74 Å². The van der Waals surface area contributed by atoms with E-state index in [-0.39, 0.29) is 9.79 Å². The highest BCUT2D eigenvalue weighted by Gasteiger charge is 2.51. The summed E-state index contributed by atoms with van der Waals surface area (Å²) in [4.78, 5) is 5.10. The van der Waals surface area contributed by atoms with E-state index in [1.54, 1.807) is 54.6 Å². The molecule has 0 fully saturated rings. The number of rotatable bonds is 8. The molecule has 0 saturated carbocycles. The number of aliphatic imine (C=N–C) groups is 1. The highest BCUT2D eigenvalue weighted by atomic mass is 35.5. The number of benzene rings is 4. The zero-order chi connectivity index (χ0) is 27.7. The van der Waals surface area contributed by atoms with Crippen LogP contribution in [0.3, 0.4) is 0 Å². The Labute approximate surface area is 233 Å². The third-order valence-electron chi connectivity index (χ3n) is 6.37. The maximum Gasteiger partial charge on any atom is 0.242 e. The Morgan fingerprint density at radius 3 is 1.97 bits per heavy atom. The van der Waals surface area contributed by atoms with Crippen LogP contribution in [0.15, 0.2) is 124 Å². The lowest BCUT2D eigenvalue weighted by Crippen LogP contribution is -2.47. The van der Waals surface area contributed by atoms with Gasteiger partial charge in [-0.25, -0.2) is 21.8 Å². The van der Waals surface area contributed by atoms with E-state index >= 15 is 0 Å². The van der Waals surface area contributed by atoms with Crippen molar-refractivity contribution in [3.8, 4) is 0 Å². The van der Waals surface area contributed by atoms with Gasteiger partial charge in [0.25, 0.3) is 0 Å². The molecule has 0 saturated heterocycles. The fraction of sp³-hybridized carbons (Fsp3) is 0.138. The minimum Gasteiger partial charge on any atom is -0.468 e. The zero-order valence-corrected chi connectivity index (χ0v) is 23.2. The largest absolute Gasteiger partial charge is 0.468 e. The molecule has 0 radical (unpaired) electrons. The number of halogens is 1. The summed E-state index contributed by atoms with van der Waals surface area (Å²) in [6.07, 6.45) is 0.493. The van der Waals surface area contributed by atoms with Crippen molar-refractivity contribution in [2.75, 3.05) is 6.26 Å². The molecule has 39 heavy (non-hydrogen) atoms. The average molecular weight is 581 g/mol. The van der Waals surface area contributed by atoms with Crippen LogP contribution in [0.25, 0.3) is 0 Å². The van der Waals surface area contributed by atoms with Gasteiger partial charge in [-0.3, -0.25) is 0 Å². The van der Waals surface area contributed by atoms with Crippen LogP contribution in [-0.2, 0) is 36.7 Å². The first kappa shape index (κ1) is 27.1. The van der Waals surface area contributed by atoms with Crippen molar-refractivity contribution in [2.45, 2.75) is 28.0 Å². The second kappa shape index (κ2) is 10.6. The molecular weight excluding hydrogens is 556 g/mol. The van der Waals surface area contributed by atoms with Gasteiger partial charge in [0.05, 0.1) is 9.79 Å². The van der Waals surface area contributed by atoms with E-state index in [0.717, 1.165) is 11.8 Å². The van der Waals surface area contributed by atoms with Gasteiger partial charge in [0.1, 0.15) is 0 Å². The van der Waals surface area contributed by atoms with Gasteiger partial charge in [-0.2, -0.15) is 4.72 Å². The van der Waals surface area contributed by atoms with Crippen LogP contribution in [0.4, 0.5) is 0 Å². The second-order valence-electron chi connectivity index (χ2n) is 9.20. The Balaban J connectivity index is 1.69. The van der Waals surface area contributed by atoms with E-state index < -0.39 is 31.6 Å². The van der Waals surface area contributed by atoms with E-state index in [9.17, 15) is 16.8 Å². The summed E-state index contributed by atoms with van der Waals surface area (Å²) >= 11 is 6.18. The Bertz CT molecular complexity index is 1710. The van der Waals surface area contributed by atoms with Crippen LogP contribution >= 0.6 is 11.6 Å². The lowest BCUT2D eigenvalue weighted by molar-refractivity contribution is 0.126. The van der Waals surface area contributed by atoms with E-state index in [1.165, 1.54) is 24.3 Å². The van der Waals surface area contributed by atoms with Crippen LogP contribution in [-0.4, -0.2) is 29.0 Å². The van der Waals surface area contributed by atoms with E-state index in [2.05, 4.69) is 4.72 Å². The van der Waals surface area contributed by atoms with Crippen molar-refractivity contribution in [1.29, 1.82) is 0 Å². The lowest BCUT2D eigenvalue weighted by atomic mass is 9.90. The Hall–Kier alpha value is -3.50. The van der Waals surface area contributed by atoms with Crippen LogP contribution in [0.1, 0.15) is 22.8 Å². The normalized spacial score (nSPS) is 19.3. The smallest absolute Gasteiger partial charge is 0.242 e. The van der Waals surface area contributed by atoms with Crippen molar-refractivity contribution in [3.05, 3.63) is 131 Å². The molecule has 0 aromatic heterocycles. The summed E-state index contributed by atoms with van der Waals surface area (Å²) in [7, 11) is -7.54. The Kier molecular flexibility index (Phi) is 7.35.